The number of rotatable bonds is 3. The van der Waals surface area contributed by atoms with Gasteiger partial charge in [0.15, 0.2) is 0 Å². The van der Waals surface area contributed by atoms with Crippen LogP contribution < -0.4 is 10.6 Å². The molecule has 0 fully saturated rings. The summed E-state index contributed by atoms with van der Waals surface area (Å²) in [5, 5.41) is 5.78. The molecule has 0 aliphatic carbocycles. The minimum absolute atomic E-state index is 0.0359. The zero-order valence-corrected chi connectivity index (χ0v) is 9.71. The van der Waals surface area contributed by atoms with Crippen LogP contribution in [0.4, 0.5) is 5.69 Å². The van der Waals surface area contributed by atoms with Crippen molar-refractivity contribution in [3.05, 3.63) is 30.3 Å². The third-order valence-electron chi connectivity index (χ3n) is 1.59. The zero-order chi connectivity index (χ0) is 11.5. The van der Waals surface area contributed by atoms with Gasteiger partial charge in [-0.1, -0.05) is 32.0 Å². The first-order valence-corrected chi connectivity index (χ1v) is 5.24. The molecular weight excluding hydrogens is 188 g/mol. The van der Waals surface area contributed by atoms with Crippen LogP contribution in [0.25, 0.3) is 0 Å². The molecule has 3 heteroatoms. The SMILES string of the molecule is CC(=O)Nc1ccccc1.CCNCC. The van der Waals surface area contributed by atoms with Crippen LogP contribution in [-0.2, 0) is 4.79 Å². The van der Waals surface area contributed by atoms with Crippen LogP contribution in [0.15, 0.2) is 30.3 Å². The highest BCUT2D eigenvalue weighted by molar-refractivity contribution is 5.88. The second-order valence-corrected chi connectivity index (χ2v) is 3.00. The van der Waals surface area contributed by atoms with Crippen molar-refractivity contribution in [1.82, 2.24) is 5.32 Å². The molecule has 1 aromatic rings. The molecule has 1 aromatic carbocycles. The molecule has 0 unspecified atom stereocenters. The van der Waals surface area contributed by atoms with Gasteiger partial charge < -0.3 is 10.6 Å². The Bertz CT molecular complexity index is 258. The van der Waals surface area contributed by atoms with E-state index in [-0.39, 0.29) is 5.91 Å². The van der Waals surface area contributed by atoms with E-state index in [0.717, 1.165) is 18.8 Å². The van der Waals surface area contributed by atoms with E-state index in [0.29, 0.717) is 0 Å². The number of benzene rings is 1. The van der Waals surface area contributed by atoms with E-state index in [1.807, 2.05) is 30.3 Å². The number of carbonyl (C=O) groups excluding carboxylic acids is 1. The molecule has 0 saturated carbocycles. The molecule has 15 heavy (non-hydrogen) atoms. The Hall–Kier alpha value is -1.35. The molecule has 0 saturated heterocycles. The highest BCUT2D eigenvalue weighted by Crippen LogP contribution is 2.03. The van der Waals surface area contributed by atoms with Gasteiger partial charge in [0, 0.05) is 12.6 Å². The number of carbonyl (C=O) groups is 1. The van der Waals surface area contributed by atoms with Crippen LogP contribution in [0.3, 0.4) is 0 Å². The Labute approximate surface area is 91.9 Å². The standard InChI is InChI=1S/C8H9NO.C4H11N/c1-7(10)9-8-5-3-2-4-6-8;1-3-5-4-2/h2-6H,1H3,(H,9,10);5H,3-4H2,1-2H3. The topological polar surface area (TPSA) is 41.1 Å². The molecule has 0 aliphatic heterocycles. The summed E-state index contributed by atoms with van der Waals surface area (Å²) in [7, 11) is 0. The fourth-order valence-corrected chi connectivity index (χ4v) is 0.975. The van der Waals surface area contributed by atoms with E-state index in [2.05, 4.69) is 24.5 Å². The van der Waals surface area contributed by atoms with Crippen molar-refractivity contribution in [2.75, 3.05) is 18.4 Å². The van der Waals surface area contributed by atoms with Crippen molar-refractivity contribution < 1.29 is 4.79 Å². The van der Waals surface area contributed by atoms with Crippen molar-refractivity contribution in [1.29, 1.82) is 0 Å². The summed E-state index contributed by atoms with van der Waals surface area (Å²) in [5.74, 6) is -0.0359. The molecule has 0 radical (unpaired) electrons. The first-order chi connectivity index (χ1) is 7.20. The minimum atomic E-state index is -0.0359. The number of nitrogens with one attached hydrogen (secondary N) is 2. The highest BCUT2D eigenvalue weighted by atomic mass is 16.1. The lowest BCUT2D eigenvalue weighted by molar-refractivity contribution is -0.114. The van der Waals surface area contributed by atoms with Gasteiger partial charge in [-0.2, -0.15) is 0 Å². The maximum atomic E-state index is 10.5. The Balaban J connectivity index is 0.000000336. The quantitative estimate of drug-likeness (QED) is 0.800. The number of para-hydroxylation sites is 1. The molecule has 0 bridgehead atoms. The van der Waals surface area contributed by atoms with Crippen LogP contribution in [0, 0.1) is 0 Å². The van der Waals surface area contributed by atoms with Crippen LogP contribution in [0.2, 0.25) is 0 Å². The highest BCUT2D eigenvalue weighted by Gasteiger charge is 1.90. The van der Waals surface area contributed by atoms with E-state index in [1.165, 1.54) is 6.92 Å². The van der Waals surface area contributed by atoms with Crippen molar-refractivity contribution in [3.63, 3.8) is 0 Å². The smallest absolute Gasteiger partial charge is 0.221 e. The number of hydrogen-bond donors (Lipinski definition) is 2. The molecule has 0 atom stereocenters. The molecule has 0 aliphatic rings. The lowest BCUT2D eigenvalue weighted by atomic mass is 10.3. The van der Waals surface area contributed by atoms with Crippen molar-refractivity contribution in [2.45, 2.75) is 20.8 Å². The summed E-state index contributed by atoms with van der Waals surface area (Å²) in [4.78, 5) is 10.5. The van der Waals surface area contributed by atoms with Gasteiger partial charge >= 0.3 is 0 Å². The van der Waals surface area contributed by atoms with Gasteiger partial charge in [-0.25, -0.2) is 0 Å². The van der Waals surface area contributed by atoms with Crippen LogP contribution in [-0.4, -0.2) is 19.0 Å². The molecule has 2 N–H and O–H groups in total. The van der Waals surface area contributed by atoms with Crippen LogP contribution in [0.5, 0.6) is 0 Å². The lowest BCUT2D eigenvalue weighted by Crippen LogP contribution is -2.09. The molecule has 84 valence electrons. The average Bonchev–Trinajstić information content (AvgIpc) is 2.20. The van der Waals surface area contributed by atoms with E-state index in [9.17, 15) is 4.79 Å². The second-order valence-electron chi connectivity index (χ2n) is 3.00. The first-order valence-electron chi connectivity index (χ1n) is 5.24. The molecule has 3 nitrogen and oxygen atoms in total. The maximum Gasteiger partial charge on any atom is 0.221 e. The zero-order valence-electron chi connectivity index (χ0n) is 9.71. The first kappa shape index (κ1) is 13.7. The van der Waals surface area contributed by atoms with Gasteiger partial charge in [0.05, 0.1) is 0 Å². The predicted octanol–water partition coefficient (Wildman–Crippen LogP) is 2.26. The largest absolute Gasteiger partial charge is 0.326 e. The normalized spacial score (nSPS) is 8.73. The summed E-state index contributed by atoms with van der Waals surface area (Å²) in [5.41, 5.74) is 0.843. The van der Waals surface area contributed by atoms with Gasteiger partial charge in [-0.05, 0) is 25.2 Å². The van der Waals surface area contributed by atoms with Crippen LogP contribution >= 0.6 is 0 Å². The molecular formula is C12H20N2O. The molecule has 0 aromatic heterocycles. The van der Waals surface area contributed by atoms with Gasteiger partial charge in [0.2, 0.25) is 5.91 Å². The molecule has 1 amide bonds. The van der Waals surface area contributed by atoms with E-state index < -0.39 is 0 Å². The third kappa shape index (κ3) is 8.97. The maximum absolute atomic E-state index is 10.5. The summed E-state index contributed by atoms with van der Waals surface area (Å²) in [6.07, 6.45) is 0. The van der Waals surface area contributed by atoms with Crippen molar-refractivity contribution >= 4 is 11.6 Å². The summed E-state index contributed by atoms with van der Waals surface area (Å²) >= 11 is 0. The Morgan fingerprint density at radius 3 is 2.00 bits per heavy atom. The van der Waals surface area contributed by atoms with Gasteiger partial charge in [-0.15, -0.1) is 0 Å². The van der Waals surface area contributed by atoms with Gasteiger partial charge in [0.1, 0.15) is 0 Å². The van der Waals surface area contributed by atoms with Crippen molar-refractivity contribution in [2.24, 2.45) is 0 Å². The summed E-state index contributed by atoms with van der Waals surface area (Å²) < 4.78 is 0. The second kappa shape index (κ2) is 9.21. The Morgan fingerprint density at radius 2 is 1.67 bits per heavy atom. The number of hydrogen-bond acceptors (Lipinski definition) is 2. The van der Waals surface area contributed by atoms with Crippen LogP contribution in [0.1, 0.15) is 20.8 Å². The lowest BCUT2D eigenvalue weighted by Gasteiger charge is -1.98. The predicted molar refractivity (Wildman–Crippen MR) is 65.0 cm³/mol. The Kier molecular flexibility index (Phi) is 8.39. The Morgan fingerprint density at radius 1 is 1.13 bits per heavy atom. The molecule has 0 spiro atoms. The average molecular weight is 208 g/mol. The molecule has 0 heterocycles. The monoisotopic (exact) mass is 208 g/mol. The molecule has 1 rings (SSSR count). The summed E-state index contributed by atoms with van der Waals surface area (Å²) in [6, 6.07) is 9.37. The minimum Gasteiger partial charge on any atom is -0.326 e. The van der Waals surface area contributed by atoms with E-state index in [4.69, 9.17) is 0 Å². The number of amides is 1. The van der Waals surface area contributed by atoms with Crippen molar-refractivity contribution in [3.8, 4) is 0 Å². The van der Waals surface area contributed by atoms with E-state index in [1.54, 1.807) is 0 Å². The fraction of sp³-hybridized carbons (Fsp3) is 0.417. The van der Waals surface area contributed by atoms with Gasteiger partial charge in [-0.3, -0.25) is 4.79 Å². The van der Waals surface area contributed by atoms with Gasteiger partial charge in [0.25, 0.3) is 0 Å². The third-order valence-corrected chi connectivity index (χ3v) is 1.59. The number of anilines is 1. The summed E-state index contributed by atoms with van der Waals surface area (Å²) in [6.45, 7) is 7.88. The fourth-order valence-electron chi connectivity index (χ4n) is 0.975. The van der Waals surface area contributed by atoms with E-state index >= 15 is 0 Å².